The van der Waals surface area contributed by atoms with E-state index in [0.29, 0.717) is 26.2 Å². The Kier molecular flexibility index (Phi) is 7.07. The molecule has 1 amide bonds. The average molecular weight is 512 g/mol. The molecule has 188 valence electrons. The molecule has 36 heavy (non-hydrogen) atoms. The molecule has 0 radical (unpaired) electrons. The molecule has 0 unspecified atom stereocenters. The van der Waals surface area contributed by atoms with Gasteiger partial charge in [-0.2, -0.15) is 0 Å². The second-order valence-electron chi connectivity index (χ2n) is 8.83. The van der Waals surface area contributed by atoms with Gasteiger partial charge >= 0.3 is 0 Å². The van der Waals surface area contributed by atoms with Crippen LogP contribution in [0.5, 0.6) is 0 Å². The summed E-state index contributed by atoms with van der Waals surface area (Å²) >= 11 is 0. The Morgan fingerprint density at radius 2 is 1.69 bits per heavy atom. The van der Waals surface area contributed by atoms with E-state index < -0.39 is 42.8 Å². The van der Waals surface area contributed by atoms with Crippen LogP contribution in [-0.4, -0.2) is 50.3 Å². The number of carbonyl (C=O) groups is 1. The number of nitrogens with zero attached hydrogens (tertiary/aromatic N) is 3. The minimum absolute atomic E-state index is 0.0478. The van der Waals surface area contributed by atoms with Crippen LogP contribution in [0.25, 0.3) is 0 Å². The summed E-state index contributed by atoms with van der Waals surface area (Å²) in [7, 11) is -4.16. The fourth-order valence-corrected chi connectivity index (χ4v) is 5.89. The Bertz CT molecular complexity index is 1430. The van der Waals surface area contributed by atoms with Gasteiger partial charge in [-0.3, -0.25) is 14.9 Å². The highest BCUT2D eigenvalue weighted by molar-refractivity contribution is 7.90. The molecule has 8 nitrogen and oxygen atoms in total. The number of hydrogen-bond acceptors (Lipinski definition) is 6. The number of rotatable bonds is 6. The fourth-order valence-electron chi connectivity index (χ4n) is 4.39. The van der Waals surface area contributed by atoms with E-state index in [1.165, 1.54) is 35.4 Å². The van der Waals surface area contributed by atoms with Gasteiger partial charge in [0.15, 0.2) is 9.84 Å². The van der Waals surface area contributed by atoms with E-state index in [-0.39, 0.29) is 11.1 Å². The lowest BCUT2D eigenvalue weighted by atomic mass is 10.1. The summed E-state index contributed by atoms with van der Waals surface area (Å²) in [6.45, 7) is 6.19. The number of nitro benzene ring substituents is 1. The summed E-state index contributed by atoms with van der Waals surface area (Å²) in [4.78, 5) is 27.4. The number of carbonyl (C=O) groups excluding carboxylic acids is 1. The number of sulfone groups is 1. The molecule has 1 aliphatic rings. The maximum absolute atomic E-state index is 13.5. The zero-order chi connectivity index (χ0) is 26.0. The molecule has 0 N–H and O–H groups in total. The zero-order valence-electron chi connectivity index (χ0n) is 20.0. The van der Waals surface area contributed by atoms with Crippen LogP contribution in [0.15, 0.2) is 65.6 Å². The van der Waals surface area contributed by atoms with Crippen molar-refractivity contribution in [3.05, 3.63) is 98.8 Å². The Hall–Kier alpha value is -3.79. The summed E-state index contributed by atoms with van der Waals surface area (Å²) in [5.74, 6) is -1.59. The maximum Gasteiger partial charge on any atom is 0.288 e. The van der Waals surface area contributed by atoms with Gasteiger partial charge in [0.25, 0.3) is 11.6 Å². The molecule has 4 rings (SSSR count). The largest absolute Gasteiger partial charge is 0.368 e. The first kappa shape index (κ1) is 25.3. The van der Waals surface area contributed by atoms with Crippen LogP contribution in [0.1, 0.15) is 27.0 Å². The van der Waals surface area contributed by atoms with Gasteiger partial charge in [-0.05, 0) is 60.9 Å². The van der Waals surface area contributed by atoms with Crippen molar-refractivity contribution in [2.24, 2.45) is 0 Å². The van der Waals surface area contributed by atoms with Crippen LogP contribution in [0.4, 0.5) is 15.8 Å². The van der Waals surface area contributed by atoms with Crippen molar-refractivity contribution >= 4 is 27.1 Å². The lowest BCUT2D eigenvalue weighted by Crippen LogP contribution is -2.49. The summed E-state index contributed by atoms with van der Waals surface area (Å²) < 4.78 is 39.3. The fraction of sp³-hybridized carbons (Fsp3) is 0.269. The van der Waals surface area contributed by atoms with Crippen LogP contribution >= 0.6 is 0 Å². The lowest BCUT2D eigenvalue weighted by Gasteiger charge is -2.37. The topological polar surface area (TPSA) is 101 Å². The summed E-state index contributed by atoms with van der Waals surface area (Å²) in [5, 5.41) is 11.7. The van der Waals surface area contributed by atoms with E-state index in [0.717, 1.165) is 23.9 Å². The van der Waals surface area contributed by atoms with Crippen LogP contribution in [0, 0.1) is 29.8 Å². The third-order valence-corrected chi connectivity index (χ3v) is 8.20. The Morgan fingerprint density at radius 3 is 2.36 bits per heavy atom. The molecule has 0 spiro atoms. The second-order valence-corrected chi connectivity index (χ2v) is 10.8. The third-order valence-electron chi connectivity index (χ3n) is 6.47. The van der Waals surface area contributed by atoms with E-state index >= 15 is 0 Å². The Labute approximate surface area is 209 Å². The molecule has 10 heteroatoms. The van der Waals surface area contributed by atoms with Crippen molar-refractivity contribution < 1.29 is 22.5 Å². The normalized spacial score (nSPS) is 14.1. The predicted octanol–water partition coefficient (Wildman–Crippen LogP) is 4.29. The van der Waals surface area contributed by atoms with Crippen LogP contribution in [-0.2, 0) is 15.6 Å². The molecule has 0 bridgehead atoms. The molecule has 0 aromatic heterocycles. The number of amides is 1. The summed E-state index contributed by atoms with van der Waals surface area (Å²) in [6, 6.07) is 14.5. The first-order valence-corrected chi connectivity index (χ1v) is 13.1. The number of hydrogen-bond donors (Lipinski definition) is 0. The van der Waals surface area contributed by atoms with E-state index in [9.17, 15) is 27.7 Å². The highest BCUT2D eigenvalue weighted by Gasteiger charge is 2.30. The van der Waals surface area contributed by atoms with E-state index in [1.807, 2.05) is 25.1 Å². The van der Waals surface area contributed by atoms with Gasteiger partial charge in [0.05, 0.1) is 10.7 Å². The SMILES string of the molecule is Cc1cccc(N2CCN(C(=O)c3ccc(S(=O)(=O)Cc4cccc(F)c4)c([N+](=O)[O-])c3)CC2)c1C. The molecule has 1 fully saturated rings. The van der Waals surface area contributed by atoms with Gasteiger partial charge < -0.3 is 9.80 Å². The smallest absolute Gasteiger partial charge is 0.288 e. The standard InChI is InChI=1S/C26H26FN3O5S/c1-18-5-3-8-23(19(18)2)28-11-13-29(14-12-28)26(31)21-9-10-25(24(16-21)30(32)33)36(34,35)17-20-6-4-7-22(27)15-20/h3-10,15-16H,11-14,17H2,1-2H3. The van der Waals surface area contributed by atoms with Crippen molar-refractivity contribution in [3.8, 4) is 0 Å². The van der Waals surface area contributed by atoms with Gasteiger partial charge in [0.1, 0.15) is 10.7 Å². The molecule has 0 aliphatic carbocycles. The number of anilines is 1. The average Bonchev–Trinajstić information content (AvgIpc) is 2.85. The predicted molar refractivity (Wildman–Crippen MR) is 134 cm³/mol. The Balaban J connectivity index is 1.53. The number of benzene rings is 3. The summed E-state index contributed by atoms with van der Waals surface area (Å²) in [5.41, 5.74) is 3.03. The van der Waals surface area contributed by atoms with Crippen LogP contribution in [0.3, 0.4) is 0 Å². The molecule has 1 aliphatic heterocycles. The maximum atomic E-state index is 13.5. The first-order valence-electron chi connectivity index (χ1n) is 11.4. The monoisotopic (exact) mass is 511 g/mol. The molecule has 0 saturated carbocycles. The minimum atomic E-state index is -4.16. The molecule has 3 aromatic rings. The first-order chi connectivity index (χ1) is 17.1. The summed E-state index contributed by atoms with van der Waals surface area (Å²) in [6.07, 6.45) is 0. The van der Waals surface area contributed by atoms with Gasteiger partial charge in [-0.15, -0.1) is 0 Å². The van der Waals surface area contributed by atoms with Crippen LogP contribution in [0.2, 0.25) is 0 Å². The van der Waals surface area contributed by atoms with Crippen molar-refractivity contribution in [2.75, 3.05) is 31.1 Å². The minimum Gasteiger partial charge on any atom is -0.368 e. The van der Waals surface area contributed by atoms with Crippen molar-refractivity contribution in [1.82, 2.24) is 4.90 Å². The number of nitro groups is 1. The van der Waals surface area contributed by atoms with Gasteiger partial charge in [0, 0.05) is 43.5 Å². The van der Waals surface area contributed by atoms with E-state index in [4.69, 9.17) is 0 Å². The molecule has 3 aromatic carbocycles. The Morgan fingerprint density at radius 1 is 1.00 bits per heavy atom. The number of aryl methyl sites for hydroxylation is 1. The third kappa shape index (κ3) is 5.23. The van der Waals surface area contributed by atoms with Gasteiger partial charge in [0.2, 0.25) is 0 Å². The molecule has 1 heterocycles. The zero-order valence-corrected chi connectivity index (χ0v) is 20.8. The molecular formula is C26H26FN3O5S. The highest BCUT2D eigenvalue weighted by atomic mass is 32.2. The van der Waals surface area contributed by atoms with E-state index in [2.05, 4.69) is 11.8 Å². The van der Waals surface area contributed by atoms with Crippen molar-refractivity contribution in [2.45, 2.75) is 24.5 Å². The number of piperazine rings is 1. The lowest BCUT2D eigenvalue weighted by molar-refractivity contribution is -0.387. The second kappa shape index (κ2) is 10.1. The van der Waals surface area contributed by atoms with Gasteiger partial charge in [-0.1, -0.05) is 24.3 Å². The highest BCUT2D eigenvalue weighted by Crippen LogP contribution is 2.29. The van der Waals surface area contributed by atoms with Crippen molar-refractivity contribution in [3.63, 3.8) is 0 Å². The number of halogens is 1. The quantitative estimate of drug-likeness (QED) is 0.362. The molecule has 0 atom stereocenters. The molecular weight excluding hydrogens is 485 g/mol. The van der Waals surface area contributed by atoms with Crippen molar-refractivity contribution in [1.29, 1.82) is 0 Å². The molecule has 1 saturated heterocycles. The van der Waals surface area contributed by atoms with Crippen LogP contribution < -0.4 is 4.90 Å². The van der Waals surface area contributed by atoms with E-state index in [1.54, 1.807) is 4.90 Å². The van der Waals surface area contributed by atoms with Gasteiger partial charge in [-0.25, -0.2) is 12.8 Å².